The molecule has 11 N–H and O–H groups in total. The summed E-state index contributed by atoms with van der Waals surface area (Å²) in [5.74, 6) is -3.58. The molecule has 3 amide bonds. The van der Waals surface area contributed by atoms with Crippen molar-refractivity contribution < 1.29 is 29.4 Å². The number of carboxylic acids is 1. The second kappa shape index (κ2) is 14.5. The van der Waals surface area contributed by atoms with Crippen molar-refractivity contribution >= 4 is 29.7 Å². The number of carbonyl (C=O) groups excluding carboxylic acids is 3. The van der Waals surface area contributed by atoms with Gasteiger partial charge in [-0.1, -0.05) is 30.3 Å². The minimum absolute atomic E-state index is 0.0722. The van der Waals surface area contributed by atoms with Gasteiger partial charge in [0, 0.05) is 13.0 Å². The quantitative estimate of drug-likeness (QED) is 0.0778. The van der Waals surface area contributed by atoms with Gasteiger partial charge in [0.25, 0.3) is 0 Å². The molecule has 5 unspecified atom stereocenters. The van der Waals surface area contributed by atoms with E-state index in [-0.39, 0.29) is 25.3 Å². The zero-order chi connectivity index (χ0) is 26.5. The highest BCUT2D eigenvalue weighted by atomic mass is 16.4. The Morgan fingerprint density at radius 3 is 2.14 bits per heavy atom. The number of aliphatic hydroxyl groups excluding tert-OH is 1. The summed E-state index contributed by atoms with van der Waals surface area (Å²) < 4.78 is 0. The largest absolute Gasteiger partial charge is 0.480 e. The number of carboxylic acid groups (broad SMARTS) is 1. The van der Waals surface area contributed by atoms with Crippen molar-refractivity contribution in [3.05, 3.63) is 35.9 Å². The van der Waals surface area contributed by atoms with Gasteiger partial charge in [-0.3, -0.25) is 24.2 Å². The molecule has 0 heterocycles. The van der Waals surface area contributed by atoms with Crippen molar-refractivity contribution in [2.75, 3.05) is 6.54 Å². The number of nitrogens with two attached hydrogens (primary N) is 3. The molecule has 1 rings (SSSR count). The van der Waals surface area contributed by atoms with Crippen molar-refractivity contribution in [2.24, 2.45) is 22.2 Å². The number of hydrogen-bond acceptors (Lipinski definition) is 7. The lowest BCUT2D eigenvalue weighted by molar-refractivity contribution is -0.142. The molecule has 35 heavy (non-hydrogen) atoms. The van der Waals surface area contributed by atoms with Gasteiger partial charge in [-0.15, -0.1) is 0 Å². The first-order valence-electron chi connectivity index (χ1n) is 11.1. The van der Waals surface area contributed by atoms with Crippen LogP contribution in [0.1, 0.15) is 32.3 Å². The van der Waals surface area contributed by atoms with E-state index in [1.54, 1.807) is 30.3 Å². The van der Waals surface area contributed by atoms with Crippen LogP contribution in [0.15, 0.2) is 35.3 Å². The van der Waals surface area contributed by atoms with Crippen LogP contribution in [0, 0.1) is 0 Å². The third-order valence-corrected chi connectivity index (χ3v) is 5.01. The number of guanidine groups is 1. The number of nitrogens with one attached hydrogen (secondary N) is 3. The van der Waals surface area contributed by atoms with Crippen LogP contribution in [0.2, 0.25) is 0 Å². The maximum Gasteiger partial charge on any atom is 0.325 e. The molecule has 5 atom stereocenters. The SMILES string of the molecule is CC(NC(=O)C(NC(=O)C(Cc1ccccc1)NC(=O)C(N)CCCN=C(N)N)C(C)O)C(=O)O. The lowest BCUT2D eigenvalue weighted by atomic mass is 10.0. The topological polar surface area (TPSA) is 235 Å². The Morgan fingerprint density at radius 2 is 1.60 bits per heavy atom. The molecule has 194 valence electrons. The highest BCUT2D eigenvalue weighted by molar-refractivity contribution is 5.94. The van der Waals surface area contributed by atoms with Crippen LogP contribution in [-0.2, 0) is 25.6 Å². The molecule has 1 aromatic carbocycles. The van der Waals surface area contributed by atoms with Gasteiger partial charge in [0.1, 0.15) is 18.1 Å². The number of amides is 3. The summed E-state index contributed by atoms with van der Waals surface area (Å²) >= 11 is 0. The Labute approximate surface area is 203 Å². The van der Waals surface area contributed by atoms with Crippen LogP contribution in [0.3, 0.4) is 0 Å². The fourth-order valence-corrected chi connectivity index (χ4v) is 3.01. The average Bonchev–Trinajstić information content (AvgIpc) is 2.79. The molecule has 0 saturated heterocycles. The summed E-state index contributed by atoms with van der Waals surface area (Å²) in [6.45, 7) is 2.80. The van der Waals surface area contributed by atoms with Crippen LogP contribution < -0.4 is 33.2 Å². The van der Waals surface area contributed by atoms with Gasteiger partial charge in [0.05, 0.1) is 12.1 Å². The number of rotatable bonds is 14. The van der Waals surface area contributed by atoms with E-state index in [0.717, 1.165) is 5.56 Å². The first-order valence-corrected chi connectivity index (χ1v) is 11.1. The third kappa shape index (κ3) is 10.8. The third-order valence-electron chi connectivity index (χ3n) is 5.01. The number of aliphatic imine (C=N–C) groups is 1. The second-order valence-electron chi connectivity index (χ2n) is 8.10. The molecule has 13 heteroatoms. The van der Waals surface area contributed by atoms with Crippen molar-refractivity contribution in [3.63, 3.8) is 0 Å². The molecular formula is C22H35N7O6. The summed E-state index contributed by atoms with van der Waals surface area (Å²) in [4.78, 5) is 53.0. The van der Waals surface area contributed by atoms with Gasteiger partial charge < -0.3 is 43.4 Å². The van der Waals surface area contributed by atoms with E-state index < -0.39 is 54.0 Å². The predicted molar refractivity (Wildman–Crippen MR) is 129 cm³/mol. The Kier molecular flexibility index (Phi) is 12.2. The minimum atomic E-state index is -1.45. The van der Waals surface area contributed by atoms with Gasteiger partial charge in [-0.25, -0.2) is 0 Å². The Hall–Kier alpha value is -3.71. The first-order chi connectivity index (χ1) is 16.4. The van der Waals surface area contributed by atoms with Gasteiger partial charge in [0.2, 0.25) is 17.7 Å². The number of aliphatic carboxylic acids is 1. The molecule has 0 aliphatic heterocycles. The molecule has 1 aromatic rings. The lowest BCUT2D eigenvalue weighted by Crippen LogP contribution is -2.60. The summed E-state index contributed by atoms with van der Waals surface area (Å²) in [5, 5.41) is 26.2. The van der Waals surface area contributed by atoms with E-state index in [4.69, 9.17) is 22.3 Å². The molecule has 0 radical (unpaired) electrons. The van der Waals surface area contributed by atoms with Gasteiger partial charge >= 0.3 is 5.97 Å². The number of nitrogens with zero attached hydrogens (tertiary/aromatic N) is 1. The Bertz CT molecular complexity index is 890. The summed E-state index contributed by atoms with van der Waals surface area (Å²) in [6, 6.07) is 4.08. The monoisotopic (exact) mass is 493 g/mol. The number of benzene rings is 1. The van der Waals surface area contributed by atoms with Gasteiger partial charge in [-0.05, 0) is 32.3 Å². The van der Waals surface area contributed by atoms with Gasteiger partial charge in [-0.2, -0.15) is 0 Å². The van der Waals surface area contributed by atoms with E-state index in [1.807, 2.05) is 0 Å². The maximum absolute atomic E-state index is 13.1. The summed E-state index contributed by atoms with van der Waals surface area (Å²) in [7, 11) is 0. The molecule has 0 aliphatic carbocycles. The van der Waals surface area contributed by atoms with E-state index >= 15 is 0 Å². The molecular weight excluding hydrogens is 458 g/mol. The van der Waals surface area contributed by atoms with E-state index in [0.29, 0.717) is 6.42 Å². The van der Waals surface area contributed by atoms with Crippen LogP contribution in [0.25, 0.3) is 0 Å². The molecule has 0 fully saturated rings. The maximum atomic E-state index is 13.1. The number of carbonyl (C=O) groups is 4. The first kappa shape index (κ1) is 29.3. The predicted octanol–water partition coefficient (Wildman–Crippen LogP) is -2.45. The summed E-state index contributed by atoms with van der Waals surface area (Å²) in [6.07, 6.45) is -0.563. The average molecular weight is 494 g/mol. The Balaban J connectivity index is 2.95. The molecule has 13 nitrogen and oxygen atoms in total. The normalized spacial score (nSPS) is 15.0. The molecule has 0 aromatic heterocycles. The van der Waals surface area contributed by atoms with Crippen LogP contribution in [0.5, 0.6) is 0 Å². The molecule has 0 aliphatic rings. The lowest BCUT2D eigenvalue weighted by Gasteiger charge is -2.26. The highest BCUT2D eigenvalue weighted by Gasteiger charge is 2.32. The zero-order valence-electron chi connectivity index (χ0n) is 19.8. The Morgan fingerprint density at radius 1 is 0.971 bits per heavy atom. The highest BCUT2D eigenvalue weighted by Crippen LogP contribution is 2.06. The molecule has 0 bridgehead atoms. The van der Waals surface area contributed by atoms with Crippen LogP contribution >= 0.6 is 0 Å². The number of aliphatic hydroxyl groups is 1. The van der Waals surface area contributed by atoms with Crippen molar-refractivity contribution in [2.45, 2.75) is 63.4 Å². The van der Waals surface area contributed by atoms with E-state index in [1.165, 1.54) is 13.8 Å². The minimum Gasteiger partial charge on any atom is -0.480 e. The van der Waals surface area contributed by atoms with Crippen LogP contribution in [0.4, 0.5) is 0 Å². The molecule has 0 saturated carbocycles. The van der Waals surface area contributed by atoms with Crippen molar-refractivity contribution in [1.82, 2.24) is 16.0 Å². The zero-order valence-corrected chi connectivity index (χ0v) is 19.8. The van der Waals surface area contributed by atoms with E-state index in [9.17, 15) is 24.3 Å². The smallest absolute Gasteiger partial charge is 0.325 e. The fourth-order valence-electron chi connectivity index (χ4n) is 3.01. The van der Waals surface area contributed by atoms with Crippen molar-refractivity contribution in [3.8, 4) is 0 Å². The van der Waals surface area contributed by atoms with E-state index in [2.05, 4.69) is 20.9 Å². The fraction of sp³-hybridized carbons (Fsp3) is 0.500. The summed E-state index contributed by atoms with van der Waals surface area (Å²) in [5.41, 5.74) is 17.2. The van der Waals surface area contributed by atoms with Crippen LogP contribution in [-0.4, -0.2) is 76.7 Å². The number of hydrogen-bond donors (Lipinski definition) is 8. The van der Waals surface area contributed by atoms with Crippen molar-refractivity contribution in [1.29, 1.82) is 0 Å². The second-order valence-corrected chi connectivity index (χ2v) is 8.10. The standard InChI is InChI=1S/C22H35N7O6/c1-12(21(34)35)27-20(33)17(13(2)30)29-19(32)16(11-14-7-4-3-5-8-14)28-18(31)15(23)9-6-10-26-22(24)25/h3-5,7-8,12-13,15-17,30H,6,9-11,23H2,1-2H3,(H,27,33)(H,28,31)(H,29,32)(H,34,35)(H4,24,25,26). The molecule has 0 spiro atoms. The van der Waals surface area contributed by atoms with Gasteiger partial charge in [0.15, 0.2) is 5.96 Å².